The highest BCUT2D eigenvalue weighted by molar-refractivity contribution is 5.46. The second-order valence-electron chi connectivity index (χ2n) is 5.46. The molecule has 6 nitrogen and oxygen atoms in total. The molecule has 128 valence electrons. The number of nitrogens with zero attached hydrogens (tertiary/aromatic N) is 2. The lowest BCUT2D eigenvalue weighted by Crippen LogP contribution is -2.45. The Balaban J connectivity index is 2.35. The molecule has 0 amide bonds. The van der Waals surface area contributed by atoms with Crippen LogP contribution >= 0.6 is 0 Å². The van der Waals surface area contributed by atoms with Crippen molar-refractivity contribution in [1.29, 1.82) is 0 Å². The van der Waals surface area contributed by atoms with Crippen LogP contribution in [0.3, 0.4) is 0 Å². The van der Waals surface area contributed by atoms with E-state index in [0.717, 1.165) is 6.07 Å². The zero-order valence-corrected chi connectivity index (χ0v) is 12.3. The molecule has 0 unspecified atom stereocenters. The number of nitro groups is 1. The number of phenols is 1. The molecule has 0 spiro atoms. The number of hydrogen-bond donors (Lipinski definition) is 2. The molecule has 23 heavy (non-hydrogen) atoms. The van der Waals surface area contributed by atoms with E-state index in [2.05, 4.69) is 5.32 Å². The summed E-state index contributed by atoms with van der Waals surface area (Å²) in [5, 5.41) is 23.9. The molecule has 0 aliphatic carbocycles. The molecule has 1 fully saturated rings. The van der Waals surface area contributed by atoms with Crippen LogP contribution < -0.4 is 5.32 Å². The average Bonchev–Trinajstić information content (AvgIpc) is 2.47. The summed E-state index contributed by atoms with van der Waals surface area (Å²) in [7, 11) is 0. The maximum absolute atomic E-state index is 12.6. The number of alkyl halides is 3. The van der Waals surface area contributed by atoms with Crippen LogP contribution in [0.25, 0.3) is 0 Å². The molecular formula is C14H18F3N3O3. The molecule has 1 aromatic carbocycles. The second-order valence-corrected chi connectivity index (χ2v) is 5.46. The summed E-state index contributed by atoms with van der Waals surface area (Å²) in [5.41, 5.74) is -0.144. The van der Waals surface area contributed by atoms with Gasteiger partial charge in [0.15, 0.2) is 0 Å². The van der Waals surface area contributed by atoms with Gasteiger partial charge in [-0.05, 0) is 18.6 Å². The van der Waals surface area contributed by atoms with E-state index in [0.29, 0.717) is 26.2 Å². The van der Waals surface area contributed by atoms with Crippen molar-refractivity contribution in [2.75, 3.05) is 26.2 Å². The molecule has 0 bridgehead atoms. The molecule has 1 atom stereocenters. The smallest absolute Gasteiger partial charge is 0.389 e. The van der Waals surface area contributed by atoms with E-state index < -0.39 is 23.6 Å². The average molecular weight is 333 g/mol. The highest BCUT2D eigenvalue weighted by atomic mass is 19.4. The second kappa shape index (κ2) is 7.14. The topological polar surface area (TPSA) is 78.6 Å². The normalized spacial score (nSPS) is 17.9. The minimum Gasteiger partial charge on any atom is -0.508 e. The van der Waals surface area contributed by atoms with Gasteiger partial charge < -0.3 is 10.4 Å². The first kappa shape index (κ1) is 17.5. The molecule has 1 heterocycles. The van der Waals surface area contributed by atoms with Crippen molar-refractivity contribution < 1.29 is 23.2 Å². The van der Waals surface area contributed by atoms with E-state index in [1.54, 1.807) is 4.90 Å². The van der Waals surface area contributed by atoms with Crippen molar-refractivity contribution in [3.05, 3.63) is 33.9 Å². The molecule has 9 heteroatoms. The summed E-state index contributed by atoms with van der Waals surface area (Å²) in [5.74, 6) is -0.197. The standard InChI is InChI=1S/C14H18F3N3O3/c15-14(16,17)4-3-12(19-7-5-18-6-8-19)11-9-10(21)1-2-13(11)20(22)23/h1-2,9,12,18,21H,3-8H2/t12-/m0/s1. The monoisotopic (exact) mass is 333 g/mol. The van der Waals surface area contributed by atoms with Crippen molar-refractivity contribution in [2.24, 2.45) is 0 Å². The van der Waals surface area contributed by atoms with Gasteiger partial charge in [0, 0.05) is 44.7 Å². The molecule has 0 aromatic heterocycles. The largest absolute Gasteiger partial charge is 0.508 e. The highest BCUT2D eigenvalue weighted by Gasteiger charge is 2.34. The van der Waals surface area contributed by atoms with E-state index in [1.807, 2.05) is 0 Å². The van der Waals surface area contributed by atoms with E-state index in [-0.39, 0.29) is 23.4 Å². The molecule has 1 aliphatic heterocycles. The van der Waals surface area contributed by atoms with Gasteiger partial charge in [-0.15, -0.1) is 0 Å². The van der Waals surface area contributed by atoms with Crippen LogP contribution in [-0.2, 0) is 0 Å². The summed E-state index contributed by atoms with van der Waals surface area (Å²) >= 11 is 0. The van der Waals surface area contributed by atoms with Gasteiger partial charge in [-0.3, -0.25) is 15.0 Å². The first-order valence-electron chi connectivity index (χ1n) is 7.27. The van der Waals surface area contributed by atoms with Crippen LogP contribution in [0.1, 0.15) is 24.4 Å². The summed E-state index contributed by atoms with van der Waals surface area (Å²) in [4.78, 5) is 12.4. The Bertz CT molecular complexity index is 560. The van der Waals surface area contributed by atoms with Gasteiger partial charge in [-0.25, -0.2) is 0 Å². The Labute approximate surface area is 131 Å². The molecule has 2 N–H and O–H groups in total. The molecule has 2 rings (SSSR count). The van der Waals surface area contributed by atoms with Crippen LogP contribution in [0.15, 0.2) is 18.2 Å². The number of piperazine rings is 1. The number of nitrogens with one attached hydrogen (secondary N) is 1. The number of phenolic OH excluding ortho intramolecular Hbond substituents is 1. The first-order valence-corrected chi connectivity index (χ1v) is 7.27. The van der Waals surface area contributed by atoms with Crippen molar-refractivity contribution in [3.63, 3.8) is 0 Å². The fourth-order valence-electron chi connectivity index (χ4n) is 2.80. The third-order valence-corrected chi connectivity index (χ3v) is 3.86. The Hall–Kier alpha value is -1.87. The Morgan fingerprint density at radius 3 is 2.57 bits per heavy atom. The maximum Gasteiger partial charge on any atom is 0.389 e. The lowest BCUT2D eigenvalue weighted by atomic mass is 9.97. The molecule has 1 saturated heterocycles. The summed E-state index contributed by atoms with van der Waals surface area (Å²) < 4.78 is 37.9. The van der Waals surface area contributed by atoms with Gasteiger partial charge in [0.05, 0.1) is 10.5 Å². The van der Waals surface area contributed by atoms with Crippen molar-refractivity contribution >= 4 is 5.69 Å². The van der Waals surface area contributed by atoms with Gasteiger partial charge in [0.2, 0.25) is 0 Å². The maximum atomic E-state index is 12.6. The number of hydrogen-bond acceptors (Lipinski definition) is 5. The van der Waals surface area contributed by atoms with E-state index >= 15 is 0 Å². The van der Waals surface area contributed by atoms with Crippen LogP contribution in [0.2, 0.25) is 0 Å². The summed E-state index contributed by atoms with van der Waals surface area (Å²) in [6.07, 6.45) is -5.65. The fraction of sp³-hybridized carbons (Fsp3) is 0.571. The van der Waals surface area contributed by atoms with Gasteiger partial charge >= 0.3 is 6.18 Å². The lowest BCUT2D eigenvalue weighted by Gasteiger charge is -2.35. The number of nitro benzene ring substituents is 1. The lowest BCUT2D eigenvalue weighted by molar-refractivity contribution is -0.386. The Morgan fingerprint density at radius 1 is 1.35 bits per heavy atom. The molecule has 1 aromatic rings. The van der Waals surface area contributed by atoms with E-state index in [9.17, 15) is 28.4 Å². The molecule has 1 aliphatic rings. The Morgan fingerprint density at radius 2 is 2.00 bits per heavy atom. The predicted octanol–water partition coefficient (Wildman–Crippen LogP) is 2.59. The van der Waals surface area contributed by atoms with Gasteiger partial charge in [-0.2, -0.15) is 13.2 Å². The molecule has 0 saturated carbocycles. The zero-order chi connectivity index (χ0) is 17.0. The van der Waals surface area contributed by atoms with Crippen LogP contribution in [0.4, 0.5) is 18.9 Å². The highest BCUT2D eigenvalue weighted by Crippen LogP contribution is 2.37. The van der Waals surface area contributed by atoms with Gasteiger partial charge in [0.1, 0.15) is 5.75 Å². The number of rotatable bonds is 5. The van der Waals surface area contributed by atoms with Crippen molar-refractivity contribution in [1.82, 2.24) is 10.2 Å². The van der Waals surface area contributed by atoms with Gasteiger partial charge in [0.25, 0.3) is 5.69 Å². The van der Waals surface area contributed by atoms with E-state index in [4.69, 9.17) is 0 Å². The summed E-state index contributed by atoms with van der Waals surface area (Å²) in [6.45, 7) is 2.20. The number of halogens is 3. The summed E-state index contributed by atoms with van der Waals surface area (Å²) in [6, 6.07) is 2.74. The predicted molar refractivity (Wildman–Crippen MR) is 77.2 cm³/mol. The van der Waals surface area contributed by atoms with Crippen molar-refractivity contribution in [3.8, 4) is 5.75 Å². The SMILES string of the molecule is O=[N+]([O-])c1ccc(O)cc1[C@H](CCC(F)(F)F)N1CCNCC1. The third-order valence-electron chi connectivity index (χ3n) is 3.86. The first-order chi connectivity index (χ1) is 10.8. The fourth-order valence-corrected chi connectivity index (χ4v) is 2.80. The quantitative estimate of drug-likeness (QED) is 0.640. The van der Waals surface area contributed by atoms with Crippen LogP contribution in [0.5, 0.6) is 5.75 Å². The van der Waals surface area contributed by atoms with Crippen LogP contribution in [-0.4, -0.2) is 47.3 Å². The zero-order valence-electron chi connectivity index (χ0n) is 12.3. The number of aromatic hydroxyl groups is 1. The van der Waals surface area contributed by atoms with Crippen LogP contribution in [0, 0.1) is 10.1 Å². The Kier molecular flexibility index (Phi) is 5.42. The molecular weight excluding hydrogens is 315 g/mol. The minimum atomic E-state index is -4.34. The van der Waals surface area contributed by atoms with Gasteiger partial charge in [-0.1, -0.05) is 0 Å². The minimum absolute atomic E-state index is 0.126. The number of benzene rings is 1. The van der Waals surface area contributed by atoms with E-state index in [1.165, 1.54) is 12.1 Å². The molecule has 0 radical (unpaired) electrons. The third kappa shape index (κ3) is 4.80. The van der Waals surface area contributed by atoms with Crippen molar-refractivity contribution in [2.45, 2.75) is 25.1 Å².